The molecule has 96 valence electrons. The molecule has 0 fully saturated rings. The number of hydrogen-bond donors (Lipinski definition) is 0. The summed E-state index contributed by atoms with van der Waals surface area (Å²) < 4.78 is 1.12. The zero-order chi connectivity index (χ0) is 13.3. The minimum absolute atomic E-state index is 0.229. The van der Waals surface area contributed by atoms with Crippen molar-refractivity contribution in [3.8, 4) is 0 Å². The Kier molecular flexibility index (Phi) is 4.35. The van der Waals surface area contributed by atoms with E-state index in [4.69, 9.17) is 0 Å². The second-order valence-corrected chi connectivity index (χ2v) is 8.32. The van der Waals surface area contributed by atoms with Gasteiger partial charge in [0.25, 0.3) is 0 Å². The summed E-state index contributed by atoms with van der Waals surface area (Å²) in [6.07, 6.45) is 0. The van der Waals surface area contributed by atoms with Gasteiger partial charge >= 0.3 is 0 Å². The van der Waals surface area contributed by atoms with Gasteiger partial charge in [-0.3, -0.25) is 0 Å². The van der Waals surface area contributed by atoms with Gasteiger partial charge in [-0.15, -0.1) is 11.3 Å². The monoisotopic (exact) mass is 386 g/mol. The normalized spacial score (nSPS) is 13.6. The molecule has 1 aromatic heterocycles. The Morgan fingerprint density at radius 2 is 1.83 bits per heavy atom. The van der Waals surface area contributed by atoms with E-state index in [1.165, 1.54) is 15.3 Å². The lowest BCUT2D eigenvalue weighted by Gasteiger charge is -2.15. The first kappa shape index (κ1) is 14.3. The highest BCUT2D eigenvalue weighted by molar-refractivity contribution is 9.10. The Hall–Kier alpha value is -0.120. The van der Waals surface area contributed by atoms with Crippen LogP contribution in [0.4, 0.5) is 0 Å². The van der Waals surface area contributed by atoms with E-state index in [2.05, 4.69) is 89.0 Å². The summed E-state index contributed by atoms with van der Waals surface area (Å²) in [5.74, 6) is 0. The molecule has 0 aliphatic rings. The van der Waals surface area contributed by atoms with Crippen molar-refractivity contribution in [3.63, 3.8) is 0 Å². The highest BCUT2D eigenvalue weighted by Crippen LogP contribution is 2.39. The van der Waals surface area contributed by atoms with Crippen LogP contribution in [0.15, 0.2) is 40.9 Å². The van der Waals surface area contributed by atoms with Crippen LogP contribution >= 0.6 is 43.2 Å². The maximum Gasteiger partial charge on any atom is 0.0738 e. The Morgan fingerprint density at radius 1 is 1.11 bits per heavy atom. The number of rotatable bonds is 2. The van der Waals surface area contributed by atoms with Gasteiger partial charge in [-0.05, 0) is 35.2 Å². The standard InChI is InChI=1S/C15H16Br2S/c1-15(2,3)13-8-7-12(18-13)14(17)10-5-4-6-11(16)9-10/h4-9,14H,1-3H3. The number of alkyl halides is 1. The van der Waals surface area contributed by atoms with Crippen LogP contribution in [0.2, 0.25) is 0 Å². The van der Waals surface area contributed by atoms with Crippen molar-refractivity contribution in [3.05, 3.63) is 56.2 Å². The van der Waals surface area contributed by atoms with E-state index in [0.29, 0.717) is 0 Å². The molecule has 1 unspecified atom stereocenters. The SMILES string of the molecule is CC(C)(C)c1ccc(C(Br)c2cccc(Br)c2)s1. The Balaban J connectivity index is 2.29. The van der Waals surface area contributed by atoms with Gasteiger partial charge in [0.1, 0.15) is 0 Å². The lowest BCUT2D eigenvalue weighted by molar-refractivity contribution is 0.604. The van der Waals surface area contributed by atoms with Gasteiger partial charge in [0.2, 0.25) is 0 Å². The molecule has 1 aromatic carbocycles. The molecule has 0 aliphatic carbocycles. The number of halogens is 2. The van der Waals surface area contributed by atoms with Crippen LogP contribution in [0.1, 0.15) is 40.9 Å². The van der Waals surface area contributed by atoms with Crippen LogP contribution in [0, 0.1) is 0 Å². The van der Waals surface area contributed by atoms with Crippen LogP contribution in [0.3, 0.4) is 0 Å². The van der Waals surface area contributed by atoms with E-state index in [1.54, 1.807) is 0 Å². The smallest absolute Gasteiger partial charge is 0.0738 e. The molecular weight excluding hydrogens is 372 g/mol. The third kappa shape index (κ3) is 3.25. The zero-order valence-electron chi connectivity index (χ0n) is 10.7. The van der Waals surface area contributed by atoms with Gasteiger partial charge in [0.15, 0.2) is 0 Å². The average molecular weight is 388 g/mol. The first-order chi connectivity index (χ1) is 8.38. The van der Waals surface area contributed by atoms with E-state index >= 15 is 0 Å². The third-order valence-corrected chi connectivity index (χ3v) is 6.15. The lowest BCUT2D eigenvalue weighted by atomic mass is 9.95. The molecule has 3 heteroatoms. The largest absolute Gasteiger partial charge is 0.143 e. The van der Waals surface area contributed by atoms with E-state index in [0.717, 1.165) is 4.47 Å². The molecule has 0 N–H and O–H groups in total. The van der Waals surface area contributed by atoms with Crippen molar-refractivity contribution >= 4 is 43.2 Å². The van der Waals surface area contributed by atoms with Gasteiger partial charge < -0.3 is 0 Å². The molecule has 0 nitrogen and oxygen atoms in total. The summed E-state index contributed by atoms with van der Waals surface area (Å²) >= 11 is 9.21. The summed E-state index contributed by atoms with van der Waals surface area (Å²) in [5.41, 5.74) is 1.51. The fourth-order valence-electron chi connectivity index (χ4n) is 1.72. The zero-order valence-corrected chi connectivity index (χ0v) is 14.7. The molecule has 0 saturated heterocycles. The van der Waals surface area contributed by atoms with Gasteiger partial charge in [0, 0.05) is 14.2 Å². The molecule has 1 atom stereocenters. The molecule has 18 heavy (non-hydrogen) atoms. The Bertz CT molecular complexity index is 537. The topological polar surface area (TPSA) is 0 Å². The fourth-order valence-corrected chi connectivity index (χ4v) is 3.93. The van der Waals surface area contributed by atoms with Gasteiger partial charge in [0.05, 0.1) is 4.83 Å². The van der Waals surface area contributed by atoms with E-state index in [9.17, 15) is 0 Å². The molecule has 2 aromatic rings. The summed E-state index contributed by atoms with van der Waals surface area (Å²) in [7, 11) is 0. The molecule has 0 amide bonds. The summed E-state index contributed by atoms with van der Waals surface area (Å²) in [5, 5.41) is 0. The minimum atomic E-state index is 0.229. The van der Waals surface area contributed by atoms with Crippen LogP contribution in [0.25, 0.3) is 0 Å². The van der Waals surface area contributed by atoms with Crippen molar-refractivity contribution in [2.24, 2.45) is 0 Å². The number of benzene rings is 1. The van der Waals surface area contributed by atoms with Crippen LogP contribution in [-0.2, 0) is 5.41 Å². The van der Waals surface area contributed by atoms with Crippen LogP contribution in [-0.4, -0.2) is 0 Å². The van der Waals surface area contributed by atoms with Crippen molar-refractivity contribution in [2.45, 2.75) is 31.0 Å². The van der Waals surface area contributed by atoms with Gasteiger partial charge in [-0.2, -0.15) is 0 Å². The highest BCUT2D eigenvalue weighted by Gasteiger charge is 2.19. The molecule has 0 bridgehead atoms. The molecule has 0 saturated carbocycles. The summed E-state index contributed by atoms with van der Waals surface area (Å²) in [6.45, 7) is 6.76. The minimum Gasteiger partial charge on any atom is -0.143 e. The van der Waals surface area contributed by atoms with Gasteiger partial charge in [-0.25, -0.2) is 0 Å². The lowest BCUT2D eigenvalue weighted by Crippen LogP contribution is -2.07. The molecular formula is C15H16Br2S. The van der Waals surface area contributed by atoms with Crippen molar-refractivity contribution in [1.29, 1.82) is 0 Å². The first-order valence-corrected chi connectivity index (χ1v) is 8.40. The Labute approximate surface area is 130 Å². The predicted octanol–water partition coefficient (Wildman–Crippen LogP) is 6.29. The molecule has 0 radical (unpaired) electrons. The maximum absolute atomic E-state index is 3.80. The number of hydrogen-bond acceptors (Lipinski definition) is 1. The fraction of sp³-hybridized carbons (Fsp3) is 0.333. The van der Waals surface area contributed by atoms with Crippen LogP contribution in [0.5, 0.6) is 0 Å². The molecule has 0 aliphatic heterocycles. The van der Waals surface area contributed by atoms with Crippen molar-refractivity contribution in [2.75, 3.05) is 0 Å². The first-order valence-electron chi connectivity index (χ1n) is 5.87. The molecule has 0 spiro atoms. The molecule has 1 heterocycles. The Morgan fingerprint density at radius 3 is 2.39 bits per heavy atom. The van der Waals surface area contributed by atoms with E-state index in [-0.39, 0.29) is 10.2 Å². The van der Waals surface area contributed by atoms with Gasteiger partial charge in [-0.1, -0.05) is 64.8 Å². The quantitative estimate of drug-likeness (QED) is 0.531. The predicted molar refractivity (Wildman–Crippen MR) is 87.9 cm³/mol. The average Bonchev–Trinajstić information content (AvgIpc) is 2.77. The van der Waals surface area contributed by atoms with Crippen molar-refractivity contribution in [1.82, 2.24) is 0 Å². The second-order valence-electron chi connectivity index (χ2n) is 5.37. The molecule has 2 rings (SSSR count). The maximum atomic E-state index is 3.80. The van der Waals surface area contributed by atoms with Crippen LogP contribution < -0.4 is 0 Å². The van der Waals surface area contributed by atoms with E-state index in [1.807, 2.05) is 11.3 Å². The summed E-state index contributed by atoms with van der Waals surface area (Å²) in [4.78, 5) is 3.06. The van der Waals surface area contributed by atoms with Crippen molar-refractivity contribution < 1.29 is 0 Å². The highest BCUT2D eigenvalue weighted by atomic mass is 79.9. The third-order valence-electron chi connectivity index (χ3n) is 2.76. The second kappa shape index (κ2) is 5.48. The summed E-state index contributed by atoms with van der Waals surface area (Å²) in [6, 6.07) is 12.9. The number of thiophene rings is 1. The van der Waals surface area contributed by atoms with E-state index < -0.39 is 0 Å².